The summed E-state index contributed by atoms with van der Waals surface area (Å²) in [5.74, 6) is -0.851. The van der Waals surface area contributed by atoms with E-state index in [0.717, 1.165) is 15.9 Å². The Hall–Kier alpha value is -2.71. The van der Waals surface area contributed by atoms with Gasteiger partial charge in [0, 0.05) is 12.1 Å². The Labute approximate surface area is 113 Å². The molecule has 0 fully saturated rings. The molecule has 2 aromatic rings. The van der Waals surface area contributed by atoms with Gasteiger partial charge in [0.15, 0.2) is 5.69 Å². The Bertz CT molecular complexity index is 626. The van der Waals surface area contributed by atoms with E-state index in [2.05, 4.69) is 20.8 Å². The first-order valence-electron chi connectivity index (χ1n) is 5.79. The maximum atomic E-state index is 11.7. The van der Waals surface area contributed by atoms with Crippen molar-refractivity contribution in [1.29, 1.82) is 0 Å². The number of hydrogen-bond acceptors (Lipinski definition) is 6. The number of aryl methyl sites for hydroxylation is 2. The van der Waals surface area contributed by atoms with Crippen LogP contribution in [0.4, 0.5) is 0 Å². The zero-order valence-corrected chi connectivity index (χ0v) is 11.0. The summed E-state index contributed by atoms with van der Waals surface area (Å²) in [6, 6.07) is 0. The molecule has 2 heterocycles. The zero-order chi connectivity index (χ0) is 14.7. The van der Waals surface area contributed by atoms with Crippen LogP contribution in [0.5, 0.6) is 0 Å². The van der Waals surface area contributed by atoms with Crippen LogP contribution >= 0.6 is 0 Å². The topological polar surface area (TPSA) is 123 Å². The van der Waals surface area contributed by atoms with E-state index in [1.165, 1.54) is 6.20 Å². The van der Waals surface area contributed by atoms with Crippen LogP contribution < -0.4 is 5.32 Å². The molecular weight excluding hydrogens is 266 g/mol. The first kappa shape index (κ1) is 13.7. The molecule has 9 heteroatoms. The predicted octanol–water partition coefficient (Wildman–Crippen LogP) is -0.102. The average Bonchev–Trinajstić information content (AvgIpc) is 2.96. The third-order valence-electron chi connectivity index (χ3n) is 2.71. The number of nitrogens with zero attached hydrogens (tertiary/aromatic N) is 4. The van der Waals surface area contributed by atoms with E-state index in [1.807, 2.05) is 0 Å². The van der Waals surface area contributed by atoms with Gasteiger partial charge in [0.2, 0.25) is 5.91 Å². The van der Waals surface area contributed by atoms with Gasteiger partial charge in [0.25, 0.3) is 0 Å². The maximum Gasteiger partial charge on any atom is 0.358 e. The molecule has 0 spiro atoms. The molecule has 0 radical (unpaired) electrons. The number of aromatic carboxylic acids is 1. The number of aromatic nitrogens is 4. The molecule has 0 aliphatic heterocycles. The molecular formula is C11H13N5O4. The highest BCUT2D eigenvalue weighted by Gasteiger charge is 2.12. The lowest BCUT2D eigenvalue weighted by Gasteiger charge is -2.04. The van der Waals surface area contributed by atoms with Crippen LogP contribution in [-0.2, 0) is 17.9 Å². The van der Waals surface area contributed by atoms with E-state index < -0.39 is 5.97 Å². The lowest BCUT2D eigenvalue weighted by atomic mass is 10.2. The molecule has 2 N–H and O–H groups in total. The second-order valence-corrected chi connectivity index (χ2v) is 4.19. The number of carboxylic acid groups (broad SMARTS) is 1. The molecule has 0 atom stereocenters. The van der Waals surface area contributed by atoms with Crippen molar-refractivity contribution in [3.63, 3.8) is 0 Å². The predicted molar refractivity (Wildman–Crippen MR) is 64.8 cm³/mol. The molecule has 0 aliphatic carbocycles. The minimum Gasteiger partial charge on any atom is -0.476 e. The van der Waals surface area contributed by atoms with Crippen molar-refractivity contribution in [3.8, 4) is 0 Å². The maximum absolute atomic E-state index is 11.7. The molecule has 2 aromatic heterocycles. The van der Waals surface area contributed by atoms with Crippen LogP contribution in [0.3, 0.4) is 0 Å². The molecule has 2 rings (SSSR count). The Morgan fingerprint density at radius 3 is 2.75 bits per heavy atom. The SMILES string of the molecule is Cc1noc(C)c1CNC(=O)Cn1cc(C(=O)O)nn1. The summed E-state index contributed by atoms with van der Waals surface area (Å²) in [5, 5.41) is 22.1. The first-order chi connectivity index (χ1) is 9.47. The van der Waals surface area contributed by atoms with Crippen LogP contribution in [0.2, 0.25) is 0 Å². The monoisotopic (exact) mass is 279 g/mol. The fraction of sp³-hybridized carbons (Fsp3) is 0.364. The normalized spacial score (nSPS) is 10.5. The number of carboxylic acids is 1. The van der Waals surface area contributed by atoms with Gasteiger partial charge in [-0.15, -0.1) is 5.10 Å². The molecule has 0 unspecified atom stereocenters. The minimum absolute atomic E-state index is 0.107. The molecule has 9 nitrogen and oxygen atoms in total. The molecule has 0 bridgehead atoms. The van der Waals surface area contributed by atoms with Gasteiger partial charge in [-0.3, -0.25) is 4.79 Å². The molecule has 0 saturated heterocycles. The van der Waals surface area contributed by atoms with E-state index in [4.69, 9.17) is 9.63 Å². The summed E-state index contributed by atoms with van der Waals surface area (Å²) >= 11 is 0. The Morgan fingerprint density at radius 2 is 2.20 bits per heavy atom. The van der Waals surface area contributed by atoms with Crippen molar-refractivity contribution in [2.24, 2.45) is 0 Å². The summed E-state index contributed by atoms with van der Waals surface area (Å²) in [6.07, 6.45) is 1.19. The van der Waals surface area contributed by atoms with Crippen LogP contribution in [0.1, 0.15) is 27.5 Å². The smallest absolute Gasteiger partial charge is 0.358 e. The van der Waals surface area contributed by atoms with Crippen LogP contribution in [0.15, 0.2) is 10.7 Å². The zero-order valence-electron chi connectivity index (χ0n) is 11.0. The summed E-state index contributed by atoms with van der Waals surface area (Å²) in [5.41, 5.74) is 1.34. The second kappa shape index (κ2) is 5.51. The lowest BCUT2D eigenvalue weighted by molar-refractivity contribution is -0.122. The van der Waals surface area contributed by atoms with Crippen molar-refractivity contribution in [2.45, 2.75) is 26.9 Å². The highest BCUT2D eigenvalue weighted by atomic mass is 16.5. The largest absolute Gasteiger partial charge is 0.476 e. The van der Waals surface area contributed by atoms with E-state index >= 15 is 0 Å². The van der Waals surface area contributed by atoms with Crippen molar-refractivity contribution < 1.29 is 19.2 Å². The number of amides is 1. The Balaban J connectivity index is 1.91. The van der Waals surface area contributed by atoms with Gasteiger partial charge in [-0.25, -0.2) is 9.48 Å². The van der Waals surface area contributed by atoms with Gasteiger partial charge >= 0.3 is 5.97 Å². The quantitative estimate of drug-likeness (QED) is 0.783. The van der Waals surface area contributed by atoms with E-state index in [1.54, 1.807) is 13.8 Å². The molecule has 0 saturated carbocycles. The molecule has 0 aromatic carbocycles. The third kappa shape index (κ3) is 2.99. The number of nitrogens with one attached hydrogen (secondary N) is 1. The van der Waals surface area contributed by atoms with Gasteiger partial charge in [0.1, 0.15) is 12.3 Å². The Morgan fingerprint density at radius 1 is 1.45 bits per heavy atom. The number of carbonyl (C=O) groups is 2. The van der Waals surface area contributed by atoms with Crippen LogP contribution in [-0.4, -0.2) is 37.1 Å². The minimum atomic E-state index is -1.19. The first-order valence-corrected chi connectivity index (χ1v) is 5.79. The van der Waals surface area contributed by atoms with Crippen molar-refractivity contribution in [2.75, 3.05) is 0 Å². The summed E-state index contributed by atoms with van der Waals surface area (Å²) in [6.45, 7) is 3.73. The standard InChI is InChI=1S/C11H13N5O4/c1-6-8(7(2)20-14-6)3-12-10(17)5-16-4-9(11(18)19)13-15-16/h4H,3,5H2,1-2H3,(H,12,17)(H,18,19). The van der Waals surface area contributed by atoms with Crippen molar-refractivity contribution in [1.82, 2.24) is 25.5 Å². The third-order valence-corrected chi connectivity index (χ3v) is 2.71. The van der Waals surface area contributed by atoms with Crippen molar-refractivity contribution >= 4 is 11.9 Å². The summed E-state index contributed by atoms with van der Waals surface area (Å²) in [4.78, 5) is 22.3. The average molecular weight is 279 g/mol. The number of rotatable bonds is 5. The molecule has 106 valence electrons. The number of hydrogen-bond donors (Lipinski definition) is 2. The second-order valence-electron chi connectivity index (χ2n) is 4.19. The highest BCUT2D eigenvalue weighted by Crippen LogP contribution is 2.11. The highest BCUT2D eigenvalue weighted by molar-refractivity contribution is 5.84. The number of carbonyl (C=O) groups excluding carboxylic acids is 1. The van der Waals surface area contributed by atoms with Crippen molar-refractivity contribution in [3.05, 3.63) is 28.9 Å². The fourth-order valence-corrected chi connectivity index (χ4v) is 1.62. The van der Waals surface area contributed by atoms with Crippen LogP contribution in [0.25, 0.3) is 0 Å². The van der Waals surface area contributed by atoms with Crippen LogP contribution in [0, 0.1) is 13.8 Å². The van der Waals surface area contributed by atoms with E-state index in [-0.39, 0.29) is 18.1 Å². The van der Waals surface area contributed by atoms with Gasteiger partial charge in [0.05, 0.1) is 11.9 Å². The van der Waals surface area contributed by atoms with Gasteiger partial charge in [-0.2, -0.15) is 0 Å². The van der Waals surface area contributed by atoms with E-state index in [0.29, 0.717) is 12.3 Å². The molecule has 20 heavy (non-hydrogen) atoms. The van der Waals surface area contributed by atoms with Gasteiger partial charge < -0.3 is 14.9 Å². The van der Waals surface area contributed by atoms with Gasteiger partial charge in [-0.1, -0.05) is 10.4 Å². The van der Waals surface area contributed by atoms with Gasteiger partial charge in [-0.05, 0) is 13.8 Å². The summed E-state index contributed by atoms with van der Waals surface area (Å²) in [7, 11) is 0. The Kier molecular flexibility index (Phi) is 3.78. The fourth-order valence-electron chi connectivity index (χ4n) is 1.62. The molecule has 0 aliphatic rings. The molecule has 1 amide bonds. The lowest BCUT2D eigenvalue weighted by Crippen LogP contribution is -2.27. The van der Waals surface area contributed by atoms with E-state index in [9.17, 15) is 9.59 Å². The summed E-state index contributed by atoms with van der Waals surface area (Å²) < 4.78 is 6.14.